The molecule has 0 spiro atoms. The van der Waals surface area contributed by atoms with Crippen LogP contribution in [-0.4, -0.2) is 26.8 Å². The fourth-order valence-electron chi connectivity index (χ4n) is 1.67. The molecule has 0 aliphatic heterocycles. The van der Waals surface area contributed by atoms with Crippen LogP contribution < -0.4 is 5.32 Å². The standard InChI is InChI=1S/C13H13N3O3/c1-2-16-8-9(7-14-16)15-12(17)10-5-3-4-6-11(10)13(18)19/h3-8H,2H2,1H3,(H,15,17)(H,18,19). The number of hydrogen-bond donors (Lipinski definition) is 2. The largest absolute Gasteiger partial charge is 0.478 e. The molecule has 0 radical (unpaired) electrons. The second-order valence-electron chi connectivity index (χ2n) is 3.89. The van der Waals surface area contributed by atoms with Gasteiger partial charge in [-0.05, 0) is 19.1 Å². The number of carbonyl (C=O) groups excluding carboxylic acids is 1. The summed E-state index contributed by atoms with van der Waals surface area (Å²) in [7, 11) is 0. The second-order valence-corrected chi connectivity index (χ2v) is 3.89. The average molecular weight is 259 g/mol. The molecule has 0 fully saturated rings. The highest BCUT2D eigenvalue weighted by Gasteiger charge is 2.16. The van der Waals surface area contributed by atoms with Gasteiger partial charge < -0.3 is 10.4 Å². The molecule has 6 heteroatoms. The third-order valence-electron chi connectivity index (χ3n) is 2.62. The molecule has 0 saturated carbocycles. The van der Waals surface area contributed by atoms with Gasteiger partial charge >= 0.3 is 5.97 Å². The molecule has 0 bridgehead atoms. The van der Waals surface area contributed by atoms with Crippen molar-refractivity contribution in [3.05, 3.63) is 47.8 Å². The highest BCUT2D eigenvalue weighted by Crippen LogP contribution is 2.12. The van der Waals surface area contributed by atoms with Gasteiger partial charge in [0.25, 0.3) is 5.91 Å². The van der Waals surface area contributed by atoms with Crippen LogP contribution in [0.5, 0.6) is 0 Å². The first kappa shape index (κ1) is 12.8. The Kier molecular flexibility index (Phi) is 3.61. The number of benzene rings is 1. The molecule has 0 saturated heterocycles. The summed E-state index contributed by atoms with van der Waals surface area (Å²) in [5.41, 5.74) is 0.633. The highest BCUT2D eigenvalue weighted by atomic mass is 16.4. The van der Waals surface area contributed by atoms with Crippen molar-refractivity contribution in [3.63, 3.8) is 0 Å². The van der Waals surface area contributed by atoms with Gasteiger partial charge in [-0.25, -0.2) is 4.79 Å². The van der Waals surface area contributed by atoms with Crippen LogP contribution in [0.1, 0.15) is 27.6 Å². The van der Waals surface area contributed by atoms with E-state index in [9.17, 15) is 9.59 Å². The minimum Gasteiger partial charge on any atom is -0.478 e. The van der Waals surface area contributed by atoms with Crippen LogP contribution in [0.3, 0.4) is 0 Å². The summed E-state index contributed by atoms with van der Waals surface area (Å²) < 4.78 is 1.67. The van der Waals surface area contributed by atoms with Gasteiger partial charge in [0.1, 0.15) is 0 Å². The van der Waals surface area contributed by atoms with Crippen LogP contribution in [-0.2, 0) is 6.54 Å². The summed E-state index contributed by atoms with van der Waals surface area (Å²) in [5, 5.41) is 15.7. The van der Waals surface area contributed by atoms with Crippen LogP contribution in [0.25, 0.3) is 0 Å². The lowest BCUT2D eigenvalue weighted by atomic mass is 10.1. The van der Waals surface area contributed by atoms with Crippen molar-refractivity contribution < 1.29 is 14.7 Å². The maximum Gasteiger partial charge on any atom is 0.336 e. The lowest BCUT2D eigenvalue weighted by Gasteiger charge is -2.05. The molecule has 1 amide bonds. The molecule has 1 aromatic heterocycles. The zero-order valence-corrected chi connectivity index (χ0v) is 10.3. The number of hydrogen-bond acceptors (Lipinski definition) is 3. The Hall–Kier alpha value is -2.63. The second kappa shape index (κ2) is 5.34. The number of carboxylic acid groups (broad SMARTS) is 1. The first-order valence-corrected chi connectivity index (χ1v) is 5.78. The summed E-state index contributed by atoms with van der Waals surface area (Å²) in [6.07, 6.45) is 3.20. The van der Waals surface area contributed by atoms with Gasteiger partial charge in [-0.2, -0.15) is 5.10 Å². The van der Waals surface area contributed by atoms with Crippen molar-refractivity contribution in [2.45, 2.75) is 13.5 Å². The number of rotatable bonds is 4. The number of carboxylic acids is 1. The lowest BCUT2D eigenvalue weighted by molar-refractivity contribution is 0.0692. The van der Waals surface area contributed by atoms with Crippen molar-refractivity contribution in [3.8, 4) is 0 Å². The maximum absolute atomic E-state index is 12.0. The predicted octanol–water partition coefficient (Wildman–Crippen LogP) is 1.85. The molecular weight excluding hydrogens is 246 g/mol. The number of nitrogens with one attached hydrogen (secondary N) is 1. The van der Waals surface area contributed by atoms with E-state index in [0.717, 1.165) is 0 Å². The molecule has 1 heterocycles. The normalized spacial score (nSPS) is 10.2. The Morgan fingerprint density at radius 1 is 1.32 bits per heavy atom. The Morgan fingerprint density at radius 2 is 2.00 bits per heavy atom. The summed E-state index contributed by atoms with van der Waals surface area (Å²) in [6.45, 7) is 2.62. The van der Waals surface area contributed by atoms with Crippen molar-refractivity contribution in [2.24, 2.45) is 0 Å². The van der Waals surface area contributed by atoms with Gasteiger partial charge in [-0.15, -0.1) is 0 Å². The molecule has 19 heavy (non-hydrogen) atoms. The van der Waals surface area contributed by atoms with Crippen LogP contribution >= 0.6 is 0 Å². The monoisotopic (exact) mass is 259 g/mol. The van der Waals surface area contributed by atoms with Gasteiger partial charge in [0.15, 0.2) is 0 Å². The number of nitrogens with zero attached hydrogens (tertiary/aromatic N) is 2. The summed E-state index contributed by atoms with van der Waals surface area (Å²) in [5.74, 6) is -1.59. The van der Waals surface area contributed by atoms with Crippen LogP contribution in [0.2, 0.25) is 0 Å². The number of amides is 1. The third kappa shape index (κ3) is 2.79. The van der Waals surface area contributed by atoms with Gasteiger partial charge in [-0.1, -0.05) is 12.1 Å². The Bertz CT molecular complexity index is 619. The van der Waals surface area contributed by atoms with E-state index in [1.165, 1.54) is 18.3 Å². The van der Waals surface area contributed by atoms with Crippen molar-refractivity contribution in [1.82, 2.24) is 9.78 Å². The number of aromatic nitrogens is 2. The topological polar surface area (TPSA) is 84.2 Å². The molecule has 6 nitrogen and oxygen atoms in total. The fourth-order valence-corrected chi connectivity index (χ4v) is 1.67. The predicted molar refractivity (Wildman–Crippen MR) is 69.3 cm³/mol. The minimum absolute atomic E-state index is 0.0251. The van der Waals surface area contributed by atoms with Gasteiger partial charge in [0.05, 0.1) is 23.0 Å². The van der Waals surface area contributed by atoms with E-state index in [1.807, 2.05) is 6.92 Å². The van der Waals surface area contributed by atoms with Crippen molar-refractivity contribution in [2.75, 3.05) is 5.32 Å². The molecular formula is C13H13N3O3. The summed E-state index contributed by atoms with van der Waals surface area (Å²) >= 11 is 0. The number of carbonyl (C=O) groups is 2. The molecule has 1 aromatic carbocycles. The fraction of sp³-hybridized carbons (Fsp3) is 0.154. The van der Waals surface area contributed by atoms with E-state index in [0.29, 0.717) is 12.2 Å². The smallest absolute Gasteiger partial charge is 0.336 e. The van der Waals surface area contributed by atoms with E-state index in [2.05, 4.69) is 10.4 Å². The minimum atomic E-state index is -1.13. The molecule has 0 atom stereocenters. The maximum atomic E-state index is 12.0. The average Bonchev–Trinajstić information content (AvgIpc) is 2.86. The SMILES string of the molecule is CCn1cc(NC(=O)c2ccccc2C(=O)O)cn1. The third-order valence-corrected chi connectivity index (χ3v) is 2.62. The van der Waals surface area contributed by atoms with E-state index >= 15 is 0 Å². The summed E-state index contributed by atoms with van der Waals surface area (Å²) in [6, 6.07) is 6.07. The Balaban J connectivity index is 2.22. The molecule has 98 valence electrons. The number of aromatic carboxylic acids is 1. The van der Waals surface area contributed by atoms with Crippen LogP contribution in [0.4, 0.5) is 5.69 Å². The molecule has 0 aliphatic rings. The summed E-state index contributed by atoms with van der Waals surface area (Å²) in [4.78, 5) is 23.1. The van der Waals surface area contributed by atoms with Crippen molar-refractivity contribution >= 4 is 17.6 Å². The van der Waals surface area contributed by atoms with Crippen molar-refractivity contribution in [1.29, 1.82) is 0 Å². The zero-order valence-electron chi connectivity index (χ0n) is 10.3. The molecule has 2 aromatic rings. The molecule has 0 aliphatic carbocycles. The Labute approximate surface area is 109 Å². The highest BCUT2D eigenvalue weighted by molar-refractivity contribution is 6.10. The first-order chi connectivity index (χ1) is 9.11. The quantitative estimate of drug-likeness (QED) is 0.877. The zero-order chi connectivity index (χ0) is 13.8. The van der Waals surface area contributed by atoms with E-state index in [1.54, 1.807) is 23.0 Å². The van der Waals surface area contributed by atoms with E-state index < -0.39 is 11.9 Å². The Morgan fingerprint density at radius 3 is 2.58 bits per heavy atom. The number of aryl methyl sites for hydroxylation is 1. The van der Waals surface area contributed by atoms with Crippen LogP contribution in [0.15, 0.2) is 36.7 Å². The van der Waals surface area contributed by atoms with Gasteiger partial charge in [0.2, 0.25) is 0 Å². The molecule has 0 unspecified atom stereocenters. The molecule has 2 N–H and O–H groups in total. The molecule has 2 rings (SSSR count). The first-order valence-electron chi connectivity index (χ1n) is 5.78. The van der Waals surface area contributed by atoms with E-state index in [4.69, 9.17) is 5.11 Å². The van der Waals surface area contributed by atoms with Gasteiger partial charge in [0, 0.05) is 12.7 Å². The van der Waals surface area contributed by atoms with Crippen LogP contribution in [0, 0.1) is 0 Å². The van der Waals surface area contributed by atoms with E-state index in [-0.39, 0.29) is 11.1 Å². The van der Waals surface area contributed by atoms with Gasteiger partial charge in [-0.3, -0.25) is 9.48 Å². The number of anilines is 1. The lowest BCUT2D eigenvalue weighted by Crippen LogP contribution is -2.16.